The second kappa shape index (κ2) is 11.0. The molecule has 2 amide bonds. The lowest BCUT2D eigenvalue weighted by molar-refractivity contribution is -0.137. The summed E-state index contributed by atoms with van der Waals surface area (Å²) in [7, 11) is 1.77. The van der Waals surface area contributed by atoms with Crippen LogP contribution in [0.3, 0.4) is 0 Å². The Bertz CT molecular complexity index is 1520. The Kier molecular flexibility index (Phi) is 7.37. The number of fused-ring (bicyclic) bond motifs is 8. The minimum Gasteiger partial charge on any atom is -0.484 e. The summed E-state index contributed by atoms with van der Waals surface area (Å²) in [4.78, 5) is 27.8. The maximum Gasteiger partial charge on any atom is 0.260 e. The monoisotopic (exact) mass is 565 g/mol. The number of carbonyl (C=O) groups is 2. The number of amides is 2. The van der Waals surface area contributed by atoms with Gasteiger partial charge in [-0.25, -0.2) is 9.95 Å². The SMILES string of the molecule is CNN(Cl)/C=C1\CCCc2c1c1c(c3c4cc(OCC(=O)N5CCOCC5)ccc4n(CC(C)C)c23)CNC1=O. The molecule has 0 radical (unpaired) electrons. The van der Waals surface area contributed by atoms with Crippen LogP contribution in [-0.4, -0.2) is 65.8 Å². The first-order valence-corrected chi connectivity index (χ1v) is 14.4. The first-order valence-electron chi connectivity index (χ1n) is 14.1. The number of allylic oxidation sites excluding steroid dienone is 1. The van der Waals surface area contributed by atoms with Crippen LogP contribution in [0.4, 0.5) is 0 Å². The molecule has 3 heterocycles. The standard InChI is InChI=1S/C30H36ClN5O4/c1-18(2)15-35-24-8-7-20(40-17-25(37)34-9-11-39-12-10-34)13-22(24)27-23-14-33-30(38)28(23)26-19(16-36(31)32-3)5-4-6-21(26)29(27)35/h7-8,13,16,18,32H,4-6,9-12,14-15,17H2,1-3H3,(H,33,38)/b19-16+. The van der Waals surface area contributed by atoms with Gasteiger partial charge >= 0.3 is 0 Å². The van der Waals surface area contributed by atoms with Gasteiger partial charge in [-0.15, -0.1) is 0 Å². The number of hydrogen-bond acceptors (Lipinski definition) is 6. The number of aromatic nitrogens is 1. The van der Waals surface area contributed by atoms with Crippen molar-refractivity contribution in [2.24, 2.45) is 5.92 Å². The number of nitrogens with zero attached hydrogens (tertiary/aromatic N) is 3. The largest absolute Gasteiger partial charge is 0.484 e. The van der Waals surface area contributed by atoms with Gasteiger partial charge in [0, 0.05) is 67.5 Å². The molecule has 1 fully saturated rings. The Morgan fingerprint density at radius 3 is 2.77 bits per heavy atom. The van der Waals surface area contributed by atoms with Crippen molar-refractivity contribution in [3.8, 4) is 5.75 Å². The Labute approximate surface area is 239 Å². The number of morpholine rings is 1. The van der Waals surface area contributed by atoms with E-state index < -0.39 is 0 Å². The third kappa shape index (κ3) is 4.70. The number of hydrazine groups is 1. The molecule has 1 aliphatic carbocycles. The Hall–Kier alpha value is -3.27. The normalized spacial score (nSPS) is 18.0. The molecule has 40 heavy (non-hydrogen) atoms. The smallest absolute Gasteiger partial charge is 0.260 e. The summed E-state index contributed by atoms with van der Waals surface area (Å²) in [6.45, 7) is 8.06. The molecule has 2 aromatic carbocycles. The van der Waals surface area contributed by atoms with Crippen molar-refractivity contribution in [3.63, 3.8) is 0 Å². The third-order valence-corrected chi connectivity index (χ3v) is 8.35. The molecule has 9 nitrogen and oxygen atoms in total. The summed E-state index contributed by atoms with van der Waals surface area (Å²) in [6, 6.07) is 6.08. The van der Waals surface area contributed by atoms with E-state index in [-0.39, 0.29) is 18.4 Å². The zero-order valence-corrected chi connectivity index (χ0v) is 24.1. The number of hydrogen-bond donors (Lipinski definition) is 2. The predicted octanol–water partition coefficient (Wildman–Crippen LogP) is 4.20. The summed E-state index contributed by atoms with van der Waals surface area (Å²) < 4.78 is 15.2. The third-order valence-electron chi connectivity index (χ3n) is 8.08. The van der Waals surface area contributed by atoms with Crippen LogP contribution in [0.5, 0.6) is 5.75 Å². The Morgan fingerprint density at radius 2 is 2.02 bits per heavy atom. The zero-order chi connectivity index (χ0) is 28.0. The Balaban J connectivity index is 1.52. The van der Waals surface area contributed by atoms with E-state index in [0.717, 1.165) is 64.4 Å². The molecule has 2 aliphatic heterocycles. The molecule has 0 bridgehead atoms. The summed E-state index contributed by atoms with van der Waals surface area (Å²) in [6.07, 6.45) is 4.61. The molecule has 6 rings (SSSR count). The highest BCUT2D eigenvalue weighted by Crippen LogP contribution is 2.46. The van der Waals surface area contributed by atoms with Crippen molar-refractivity contribution in [1.82, 2.24) is 24.7 Å². The van der Waals surface area contributed by atoms with Crippen LogP contribution >= 0.6 is 11.8 Å². The van der Waals surface area contributed by atoms with Crippen molar-refractivity contribution >= 4 is 51.0 Å². The molecule has 1 aromatic heterocycles. The van der Waals surface area contributed by atoms with Crippen LogP contribution in [-0.2, 0) is 29.0 Å². The first kappa shape index (κ1) is 26.9. The lowest BCUT2D eigenvalue weighted by atomic mass is 9.81. The van der Waals surface area contributed by atoms with Crippen LogP contribution < -0.4 is 15.5 Å². The molecule has 2 N–H and O–H groups in total. The van der Waals surface area contributed by atoms with E-state index in [2.05, 4.69) is 35.2 Å². The molecule has 0 unspecified atom stereocenters. The second-order valence-corrected chi connectivity index (χ2v) is 11.5. The minimum absolute atomic E-state index is 0.0156. The lowest BCUT2D eigenvalue weighted by Crippen LogP contribution is -2.42. The molecule has 0 spiro atoms. The van der Waals surface area contributed by atoms with E-state index in [1.807, 2.05) is 18.3 Å². The number of carbonyl (C=O) groups excluding carboxylic acids is 2. The van der Waals surface area contributed by atoms with Crippen LogP contribution in [0.15, 0.2) is 24.4 Å². The average molecular weight is 566 g/mol. The summed E-state index contributed by atoms with van der Waals surface area (Å²) >= 11 is 6.35. The molecule has 3 aromatic rings. The molecule has 212 valence electrons. The fourth-order valence-electron chi connectivity index (χ4n) is 6.39. The minimum atomic E-state index is -0.0418. The number of aryl methyl sites for hydroxylation is 1. The van der Waals surface area contributed by atoms with Gasteiger partial charge in [-0.1, -0.05) is 13.8 Å². The van der Waals surface area contributed by atoms with Crippen molar-refractivity contribution in [1.29, 1.82) is 0 Å². The van der Waals surface area contributed by atoms with Gasteiger partial charge in [-0.2, -0.15) is 0 Å². The molecule has 1 saturated heterocycles. The highest BCUT2D eigenvalue weighted by atomic mass is 35.5. The number of ether oxygens (including phenoxy) is 2. The zero-order valence-electron chi connectivity index (χ0n) is 23.3. The molecule has 0 saturated carbocycles. The number of benzene rings is 2. The average Bonchev–Trinajstić information content (AvgIpc) is 3.49. The highest BCUT2D eigenvalue weighted by Gasteiger charge is 2.34. The molecular formula is C30H36ClN5O4. The van der Waals surface area contributed by atoms with Gasteiger partial charge in [-0.05, 0) is 65.6 Å². The quantitative estimate of drug-likeness (QED) is 0.330. The van der Waals surface area contributed by atoms with Gasteiger partial charge in [0.15, 0.2) is 6.61 Å². The maximum atomic E-state index is 13.3. The van der Waals surface area contributed by atoms with Crippen LogP contribution in [0, 0.1) is 5.92 Å². The highest BCUT2D eigenvalue weighted by molar-refractivity contribution is 6.19. The number of halogens is 1. The van der Waals surface area contributed by atoms with Gasteiger partial charge in [0.25, 0.3) is 11.8 Å². The fraction of sp³-hybridized carbons (Fsp3) is 0.467. The first-order chi connectivity index (χ1) is 19.4. The van der Waals surface area contributed by atoms with Gasteiger partial charge in [-0.3, -0.25) is 9.59 Å². The summed E-state index contributed by atoms with van der Waals surface area (Å²) in [5.41, 5.74) is 10.3. The van der Waals surface area contributed by atoms with Crippen molar-refractivity contribution in [3.05, 3.63) is 46.7 Å². The Morgan fingerprint density at radius 1 is 1.23 bits per heavy atom. The number of rotatable bonds is 7. The molecule has 10 heteroatoms. The molecule has 0 atom stereocenters. The van der Waals surface area contributed by atoms with Crippen LogP contribution in [0.2, 0.25) is 0 Å². The van der Waals surface area contributed by atoms with Crippen molar-refractivity contribution < 1.29 is 19.1 Å². The topological polar surface area (TPSA) is 88.1 Å². The fourth-order valence-corrected chi connectivity index (χ4v) is 6.50. The van der Waals surface area contributed by atoms with E-state index in [1.165, 1.54) is 15.6 Å². The van der Waals surface area contributed by atoms with E-state index in [1.54, 1.807) is 11.9 Å². The maximum absolute atomic E-state index is 13.3. The second-order valence-electron chi connectivity index (χ2n) is 11.1. The number of nitrogens with one attached hydrogen (secondary N) is 2. The van der Waals surface area contributed by atoms with E-state index in [4.69, 9.17) is 21.3 Å². The molecular weight excluding hydrogens is 530 g/mol. The van der Waals surface area contributed by atoms with Crippen molar-refractivity contribution in [2.75, 3.05) is 40.0 Å². The van der Waals surface area contributed by atoms with Crippen LogP contribution in [0.1, 0.15) is 53.7 Å². The van der Waals surface area contributed by atoms with E-state index in [9.17, 15) is 9.59 Å². The molecule has 3 aliphatic rings. The summed E-state index contributed by atoms with van der Waals surface area (Å²) in [5, 5.41) is 5.24. The predicted molar refractivity (Wildman–Crippen MR) is 156 cm³/mol. The van der Waals surface area contributed by atoms with E-state index >= 15 is 0 Å². The van der Waals surface area contributed by atoms with Gasteiger partial charge in [0.2, 0.25) is 0 Å². The van der Waals surface area contributed by atoms with Gasteiger partial charge in [0.05, 0.1) is 24.3 Å². The van der Waals surface area contributed by atoms with Gasteiger partial charge in [0.1, 0.15) is 5.75 Å². The van der Waals surface area contributed by atoms with Gasteiger partial charge < -0.3 is 24.3 Å². The lowest BCUT2D eigenvalue weighted by Gasteiger charge is -2.26. The summed E-state index contributed by atoms with van der Waals surface area (Å²) in [5.74, 6) is 0.990. The van der Waals surface area contributed by atoms with E-state index in [0.29, 0.717) is 44.5 Å². The van der Waals surface area contributed by atoms with Crippen LogP contribution in [0.25, 0.3) is 27.4 Å². The van der Waals surface area contributed by atoms with Crippen molar-refractivity contribution in [2.45, 2.75) is 46.2 Å².